The molecule has 23 heavy (non-hydrogen) atoms. The minimum atomic E-state index is -4.03. The molecule has 0 spiro atoms. The first-order valence-corrected chi connectivity index (χ1v) is 7.76. The molecule has 0 aromatic heterocycles. The van der Waals surface area contributed by atoms with Crippen LogP contribution in [-0.4, -0.2) is 36.4 Å². The fourth-order valence-corrected chi connectivity index (χ4v) is 4.03. The molecule has 0 amide bonds. The first kappa shape index (κ1) is 14.9. The molecule has 0 fully saturated rings. The fourth-order valence-electron chi connectivity index (χ4n) is 2.41. The van der Waals surface area contributed by atoms with Crippen molar-refractivity contribution in [1.82, 2.24) is 0 Å². The highest BCUT2D eigenvalue weighted by Crippen LogP contribution is 2.35. The SMILES string of the molecule is O=C(O)c1ccc2c(c1)C(=O)c1cc(C(=O)O)ccc1S2(=O)=O. The van der Waals surface area contributed by atoms with Crippen LogP contribution >= 0.6 is 0 Å². The van der Waals surface area contributed by atoms with E-state index in [0.29, 0.717) is 0 Å². The number of carbonyl (C=O) groups excluding carboxylic acids is 1. The number of fused-ring (bicyclic) bond motifs is 2. The predicted molar refractivity (Wildman–Crippen MR) is 75.7 cm³/mol. The summed E-state index contributed by atoms with van der Waals surface area (Å²) in [5, 5.41) is 18.0. The Labute approximate surface area is 129 Å². The van der Waals surface area contributed by atoms with Gasteiger partial charge in [0.2, 0.25) is 9.84 Å². The van der Waals surface area contributed by atoms with Gasteiger partial charge in [0.25, 0.3) is 0 Å². The number of carbonyl (C=O) groups is 3. The molecular formula is C15H8O7S. The molecule has 8 heteroatoms. The third kappa shape index (κ3) is 2.11. The van der Waals surface area contributed by atoms with E-state index in [0.717, 1.165) is 36.4 Å². The van der Waals surface area contributed by atoms with Crippen LogP contribution in [-0.2, 0) is 9.84 Å². The lowest BCUT2D eigenvalue weighted by molar-refractivity contribution is 0.0686. The van der Waals surface area contributed by atoms with Crippen LogP contribution in [0.2, 0.25) is 0 Å². The Balaban J connectivity index is 2.33. The van der Waals surface area contributed by atoms with Crippen molar-refractivity contribution in [1.29, 1.82) is 0 Å². The topological polar surface area (TPSA) is 126 Å². The van der Waals surface area contributed by atoms with E-state index >= 15 is 0 Å². The van der Waals surface area contributed by atoms with E-state index in [-0.39, 0.29) is 32.0 Å². The molecule has 0 saturated carbocycles. The summed E-state index contributed by atoms with van der Waals surface area (Å²) in [4.78, 5) is 33.9. The Kier molecular flexibility index (Phi) is 3.08. The zero-order chi connectivity index (χ0) is 16.9. The van der Waals surface area contributed by atoms with Gasteiger partial charge in [0, 0.05) is 11.1 Å². The molecule has 0 unspecified atom stereocenters. The monoisotopic (exact) mass is 332 g/mol. The van der Waals surface area contributed by atoms with Crippen LogP contribution in [0.1, 0.15) is 36.6 Å². The van der Waals surface area contributed by atoms with Gasteiger partial charge in [-0.3, -0.25) is 4.79 Å². The minimum absolute atomic E-state index is 0.231. The molecule has 0 bridgehead atoms. The van der Waals surface area contributed by atoms with Crippen LogP contribution in [0.25, 0.3) is 0 Å². The lowest BCUT2D eigenvalue weighted by Crippen LogP contribution is -2.21. The van der Waals surface area contributed by atoms with Gasteiger partial charge >= 0.3 is 11.9 Å². The highest BCUT2D eigenvalue weighted by atomic mass is 32.2. The number of sulfone groups is 1. The molecule has 1 heterocycles. The molecule has 1 aliphatic heterocycles. The molecular weight excluding hydrogens is 324 g/mol. The lowest BCUT2D eigenvalue weighted by Gasteiger charge is -2.19. The van der Waals surface area contributed by atoms with Gasteiger partial charge in [-0.05, 0) is 36.4 Å². The first-order valence-electron chi connectivity index (χ1n) is 6.28. The fraction of sp³-hybridized carbons (Fsp3) is 0. The number of rotatable bonds is 2. The summed E-state index contributed by atoms with van der Waals surface area (Å²) >= 11 is 0. The maximum Gasteiger partial charge on any atom is 0.335 e. The average Bonchev–Trinajstić information content (AvgIpc) is 2.51. The van der Waals surface area contributed by atoms with E-state index in [9.17, 15) is 22.8 Å². The summed E-state index contributed by atoms with van der Waals surface area (Å²) in [6.07, 6.45) is 0. The summed E-state index contributed by atoms with van der Waals surface area (Å²) in [7, 11) is -4.03. The van der Waals surface area contributed by atoms with Crippen LogP contribution in [0.4, 0.5) is 0 Å². The molecule has 3 rings (SSSR count). The number of hydrogen-bond acceptors (Lipinski definition) is 5. The average molecular weight is 332 g/mol. The van der Waals surface area contributed by atoms with Crippen LogP contribution in [0, 0.1) is 0 Å². The second-order valence-corrected chi connectivity index (χ2v) is 6.75. The van der Waals surface area contributed by atoms with Crippen LogP contribution in [0.15, 0.2) is 46.2 Å². The van der Waals surface area contributed by atoms with Gasteiger partial charge in [-0.1, -0.05) is 0 Å². The molecule has 0 aliphatic carbocycles. The van der Waals surface area contributed by atoms with Crippen molar-refractivity contribution in [2.45, 2.75) is 9.79 Å². The summed E-state index contributed by atoms with van der Waals surface area (Å²) in [5.74, 6) is -3.33. The summed E-state index contributed by atoms with van der Waals surface area (Å²) in [5.41, 5.74) is -1.02. The van der Waals surface area contributed by atoms with Crippen LogP contribution in [0.5, 0.6) is 0 Å². The summed E-state index contributed by atoms with van der Waals surface area (Å²) in [6, 6.07) is 6.30. The van der Waals surface area contributed by atoms with Gasteiger partial charge in [0.1, 0.15) is 0 Å². The number of carboxylic acid groups (broad SMARTS) is 2. The second kappa shape index (κ2) is 4.75. The number of carboxylic acids is 2. The van der Waals surface area contributed by atoms with E-state index in [1.54, 1.807) is 0 Å². The van der Waals surface area contributed by atoms with Gasteiger partial charge in [-0.2, -0.15) is 0 Å². The molecule has 2 aromatic carbocycles. The number of benzene rings is 2. The smallest absolute Gasteiger partial charge is 0.335 e. The summed E-state index contributed by atoms with van der Waals surface area (Å²) in [6.45, 7) is 0. The van der Waals surface area contributed by atoms with Crippen molar-refractivity contribution in [3.63, 3.8) is 0 Å². The standard InChI is InChI=1S/C15H8O7S/c16-13-9-5-7(14(17)18)1-3-11(9)23(21,22)12-4-2-8(15(19)20)6-10(12)13/h1-6H,(H,17,18)(H,19,20). The predicted octanol–water partition coefficient (Wildman–Crippen LogP) is 1.46. The zero-order valence-corrected chi connectivity index (χ0v) is 12.1. The van der Waals surface area contributed by atoms with Crippen molar-refractivity contribution in [3.8, 4) is 0 Å². The van der Waals surface area contributed by atoms with E-state index in [2.05, 4.69) is 0 Å². The number of aromatic carboxylic acids is 2. The highest BCUT2D eigenvalue weighted by Gasteiger charge is 2.35. The number of ketones is 1. The Bertz CT molecular complexity index is 929. The first-order chi connectivity index (χ1) is 10.7. The Hall–Kier alpha value is -3.00. The maximum absolute atomic E-state index is 12.6. The summed E-state index contributed by atoms with van der Waals surface area (Å²) < 4.78 is 25.1. The Morgan fingerprint density at radius 1 is 0.783 bits per heavy atom. The van der Waals surface area contributed by atoms with Crippen LogP contribution in [0.3, 0.4) is 0 Å². The molecule has 116 valence electrons. The largest absolute Gasteiger partial charge is 0.478 e. The third-order valence-electron chi connectivity index (χ3n) is 3.52. The van der Waals surface area contributed by atoms with Gasteiger partial charge in [0.15, 0.2) is 5.78 Å². The normalized spacial score (nSPS) is 14.7. The van der Waals surface area contributed by atoms with Gasteiger partial charge in [-0.25, -0.2) is 18.0 Å². The highest BCUT2D eigenvalue weighted by molar-refractivity contribution is 7.91. The minimum Gasteiger partial charge on any atom is -0.478 e. The second-order valence-electron chi connectivity index (χ2n) is 4.86. The van der Waals surface area contributed by atoms with E-state index in [1.807, 2.05) is 0 Å². The Morgan fingerprint density at radius 3 is 1.52 bits per heavy atom. The van der Waals surface area contributed by atoms with E-state index < -0.39 is 27.6 Å². The molecule has 0 radical (unpaired) electrons. The zero-order valence-electron chi connectivity index (χ0n) is 11.3. The van der Waals surface area contributed by atoms with Gasteiger partial charge in [-0.15, -0.1) is 0 Å². The maximum atomic E-state index is 12.6. The molecule has 0 saturated heterocycles. The molecule has 7 nitrogen and oxygen atoms in total. The quantitative estimate of drug-likeness (QED) is 0.727. The van der Waals surface area contributed by atoms with Crippen molar-refractivity contribution < 1.29 is 33.0 Å². The molecule has 0 atom stereocenters. The number of hydrogen-bond donors (Lipinski definition) is 2. The van der Waals surface area contributed by atoms with E-state index in [1.165, 1.54) is 0 Å². The van der Waals surface area contributed by atoms with Gasteiger partial charge < -0.3 is 10.2 Å². The van der Waals surface area contributed by atoms with Crippen molar-refractivity contribution in [3.05, 3.63) is 58.7 Å². The Morgan fingerprint density at radius 2 is 1.17 bits per heavy atom. The van der Waals surface area contributed by atoms with Crippen LogP contribution < -0.4 is 0 Å². The molecule has 2 N–H and O–H groups in total. The lowest BCUT2D eigenvalue weighted by atomic mass is 9.99. The van der Waals surface area contributed by atoms with Crippen molar-refractivity contribution in [2.75, 3.05) is 0 Å². The van der Waals surface area contributed by atoms with Crippen molar-refractivity contribution >= 4 is 27.6 Å². The van der Waals surface area contributed by atoms with Crippen molar-refractivity contribution in [2.24, 2.45) is 0 Å². The third-order valence-corrected chi connectivity index (χ3v) is 5.39. The van der Waals surface area contributed by atoms with E-state index in [4.69, 9.17) is 10.2 Å². The molecule has 2 aromatic rings. The van der Waals surface area contributed by atoms with Gasteiger partial charge in [0.05, 0.1) is 20.9 Å². The molecule has 1 aliphatic rings.